The van der Waals surface area contributed by atoms with Crippen LogP contribution in [0.25, 0.3) is 45.7 Å². The summed E-state index contributed by atoms with van der Waals surface area (Å²) >= 11 is 0. The van der Waals surface area contributed by atoms with Crippen LogP contribution in [-0.2, 0) is 4.79 Å². The standard InChI is InChI=1S/C48H64N4O6/c1-4-6-8-10-12-14-16-18-20-22-32-54-42-28-24-38(25-29-42)45-49-47(57-51-45)40-34-41(36-44(35-40)56-37(3)53)48-50-46(52-58-48)39-26-30-43(31-27-39)55-33-23-21-19-17-15-13-11-9-7-5-2/h24-31,34-36H,4-23,32-33H2,1-3H3. The van der Waals surface area contributed by atoms with Gasteiger partial charge in [0.15, 0.2) is 0 Å². The Morgan fingerprint density at radius 1 is 0.466 bits per heavy atom. The van der Waals surface area contributed by atoms with E-state index in [4.69, 9.17) is 23.3 Å². The van der Waals surface area contributed by atoms with Crippen LogP contribution in [0, 0.1) is 0 Å². The first kappa shape index (κ1) is 44.1. The predicted molar refractivity (Wildman–Crippen MR) is 230 cm³/mol. The van der Waals surface area contributed by atoms with Gasteiger partial charge in [0.05, 0.1) is 13.2 Å². The molecule has 0 aliphatic heterocycles. The molecule has 0 spiro atoms. The van der Waals surface area contributed by atoms with Gasteiger partial charge in [0.2, 0.25) is 11.6 Å². The van der Waals surface area contributed by atoms with E-state index in [0.29, 0.717) is 36.0 Å². The van der Waals surface area contributed by atoms with Crippen molar-refractivity contribution in [2.75, 3.05) is 13.2 Å². The molecular weight excluding hydrogens is 729 g/mol. The van der Waals surface area contributed by atoms with Gasteiger partial charge in [0.25, 0.3) is 11.8 Å². The molecule has 10 nitrogen and oxygen atoms in total. The number of nitrogens with zero attached hydrogens (tertiary/aromatic N) is 4. The molecule has 0 aliphatic rings. The lowest BCUT2D eigenvalue weighted by Crippen LogP contribution is -2.01. The molecule has 10 heteroatoms. The third kappa shape index (κ3) is 15.4. The van der Waals surface area contributed by atoms with Crippen molar-refractivity contribution in [2.45, 2.75) is 149 Å². The molecule has 0 saturated carbocycles. The highest BCUT2D eigenvalue weighted by Gasteiger charge is 2.18. The van der Waals surface area contributed by atoms with E-state index in [1.54, 1.807) is 18.2 Å². The lowest BCUT2D eigenvalue weighted by atomic mass is 10.1. The second-order valence-electron chi connectivity index (χ2n) is 15.3. The molecule has 0 unspecified atom stereocenters. The highest BCUT2D eigenvalue weighted by molar-refractivity contribution is 5.74. The summed E-state index contributed by atoms with van der Waals surface area (Å²) in [6, 6.07) is 20.5. The van der Waals surface area contributed by atoms with Crippen molar-refractivity contribution < 1.29 is 28.1 Å². The van der Waals surface area contributed by atoms with Crippen molar-refractivity contribution in [3.63, 3.8) is 0 Å². The Labute approximate surface area is 345 Å². The number of unbranched alkanes of at least 4 members (excludes halogenated alkanes) is 18. The zero-order valence-electron chi connectivity index (χ0n) is 35.1. The van der Waals surface area contributed by atoms with E-state index in [9.17, 15) is 4.79 Å². The number of hydrogen-bond acceptors (Lipinski definition) is 10. The normalized spacial score (nSPS) is 11.2. The smallest absolute Gasteiger partial charge is 0.308 e. The maximum atomic E-state index is 11.9. The minimum Gasteiger partial charge on any atom is -0.494 e. The van der Waals surface area contributed by atoms with Gasteiger partial charge in [-0.1, -0.05) is 140 Å². The average Bonchev–Trinajstić information content (AvgIpc) is 3.94. The average molecular weight is 793 g/mol. The van der Waals surface area contributed by atoms with Crippen LogP contribution in [0.5, 0.6) is 17.2 Å². The van der Waals surface area contributed by atoms with Gasteiger partial charge >= 0.3 is 5.97 Å². The number of carbonyl (C=O) groups excluding carboxylic acids is 1. The van der Waals surface area contributed by atoms with Gasteiger partial charge < -0.3 is 23.3 Å². The van der Waals surface area contributed by atoms with Crippen molar-refractivity contribution >= 4 is 5.97 Å². The number of hydrogen-bond donors (Lipinski definition) is 0. The van der Waals surface area contributed by atoms with Gasteiger partial charge in [0.1, 0.15) is 17.2 Å². The first-order valence-corrected chi connectivity index (χ1v) is 22.0. The van der Waals surface area contributed by atoms with Crippen LogP contribution < -0.4 is 14.2 Å². The molecule has 0 radical (unpaired) electrons. The molecule has 58 heavy (non-hydrogen) atoms. The zero-order valence-corrected chi connectivity index (χ0v) is 35.1. The van der Waals surface area contributed by atoms with Crippen LogP contribution in [0.2, 0.25) is 0 Å². The van der Waals surface area contributed by atoms with E-state index in [1.165, 1.54) is 122 Å². The van der Waals surface area contributed by atoms with Gasteiger partial charge in [-0.3, -0.25) is 4.79 Å². The molecule has 0 aliphatic carbocycles. The summed E-state index contributed by atoms with van der Waals surface area (Å²) in [7, 11) is 0. The van der Waals surface area contributed by atoms with Crippen molar-refractivity contribution in [3.8, 4) is 62.9 Å². The Balaban J connectivity index is 1.11. The fourth-order valence-electron chi connectivity index (χ4n) is 6.95. The lowest BCUT2D eigenvalue weighted by Gasteiger charge is -2.07. The fraction of sp³-hybridized carbons (Fsp3) is 0.521. The third-order valence-electron chi connectivity index (χ3n) is 10.3. The number of ether oxygens (including phenoxy) is 3. The molecule has 2 aromatic heterocycles. The van der Waals surface area contributed by atoms with Crippen molar-refractivity contribution in [1.29, 1.82) is 0 Å². The second-order valence-corrected chi connectivity index (χ2v) is 15.3. The number of rotatable bonds is 29. The highest BCUT2D eigenvalue weighted by Crippen LogP contribution is 2.33. The number of carbonyl (C=O) groups is 1. The van der Waals surface area contributed by atoms with Gasteiger partial charge in [-0.05, 0) is 79.6 Å². The van der Waals surface area contributed by atoms with Crippen LogP contribution in [0.4, 0.5) is 0 Å². The van der Waals surface area contributed by atoms with E-state index >= 15 is 0 Å². The largest absolute Gasteiger partial charge is 0.494 e. The molecule has 5 rings (SSSR count). The van der Waals surface area contributed by atoms with Gasteiger partial charge in [-0.15, -0.1) is 0 Å². The van der Waals surface area contributed by atoms with Gasteiger partial charge in [-0.2, -0.15) is 9.97 Å². The Bertz CT molecular complexity index is 1760. The maximum Gasteiger partial charge on any atom is 0.308 e. The maximum absolute atomic E-state index is 11.9. The molecule has 3 aromatic carbocycles. The molecule has 2 heterocycles. The lowest BCUT2D eigenvalue weighted by molar-refractivity contribution is -0.131. The Morgan fingerprint density at radius 3 is 1.19 bits per heavy atom. The minimum atomic E-state index is -0.466. The predicted octanol–water partition coefficient (Wildman–Crippen LogP) is 13.6. The SMILES string of the molecule is CCCCCCCCCCCCOc1ccc(-c2noc(-c3cc(OC(C)=O)cc(-c4nc(-c5ccc(OCCCCCCCCCCCC)cc5)no4)c3)n2)cc1. The number of esters is 1. The van der Waals surface area contributed by atoms with Crippen molar-refractivity contribution in [3.05, 3.63) is 66.7 Å². The van der Waals surface area contributed by atoms with Gasteiger partial charge in [-0.25, -0.2) is 0 Å². The van der Waals surface area contributed by atoms with E-state index in [1.807, 2.05) is 48.5 Å². The Kier molecular flexibility index (Phi) is 19.3. The monoisotopic (exact) mass is 792 g/mol. The third-order valence-corrected chi connectivity index (χ3v) is 10.3. The Morgan fingerprint density at radius 2 is 0.828 bits per heavy atom. The van der Waals surface area contributed by atoms with Crippen LogP contribution in [0.3, 0.4) is 0 Å². The minimum absolute atomic E-state index is 0.250. The molecule has 0 N–H and O–H groups in total. The Hall–Kier alpha value is -4.99. The van der Waals surface area contributed by atoms with Gasteiger partial charge in [0, 0.05) is 29.2 Å². The van der Waals surface area contributed by atoms with Crippen molar-refractivity contribution in [2.24, 2.45) is 0 Å². The topological polar surface area (TPSA) is 123 Å². The molecule has 0 fully saturated rings. The molecule has 0 amide bonds. The summed E-state index contributed by atoms with van der Waals surface area (Å²) in [6.07, 6.45) is 25.9. The van der Waals surface area contributed by atoms with Crippen molar-refractivity contribution in [1.82, 2.24) is 20.3 Å². The molecule has 0 atom stereocenters. The summed E-state index contributed by atoms with van der Waals surface area (Å²) in [5.41, 5.74) is 2.64. The van der Waals surface area contributed by atoms with Crippen LogP contribution in [-0.4, -0.2) is 39.5 Å². The summed E-state index contributed by atoms with van der Waals surface area (Å²) in [4.78, 5) is 21.2. The van der Waals surface area contributed by atoms with E-state index in [-0.39, 0.29) is 17.5 Å². The fourth-order valence-corrected chi connectivity index (χ4v) is 6.95. The molecule has 312 valence electrons. The molecule has 0 bridgehead atoms. The summed E-state index contributed by atoms with van der Waals surface area (Å²) in [6.45, 7) is 7.27. The van der Waals surface area contributed by atoms with Crippen LogP contribution in [0.15, 0.2) is 75.8 Å². The quantitative estimate of drug-likeness (QED) is 0.0263. The van der Waals surface area contributed by atoms with Crippen LogP contribution >= 0.6 is 0 Å². The number of benzene rings is 3. The molecule has 0 saturated heterocycles. The zero-order chi connectivity index (χ0) is 40.6. The molecule has 5 aromatic rings. The summed E-state index contributed by atoms with van der Waals surface area (Å²) < 4.78 is 28.8. The van der Waals surface area contributed by atoms with E-state index in [2.05, 4.69) is 34.1 Å². The summed E-state index contributed by atoms with van der Waals surface area (Å²) in [5, 5.41) is 8.44. The van der Waals surface area contributed by atoms with Crippen LogP contribution in [0.1, 0.15) is 149 Å². The first-order valence-electron chi connectivity index (χ1n) is 22.0. The first-order chi connectivity index (χ1) is 28.5. The second kappa shape index (κ2) is 25.4. The van der Waals surface area contributed by atoms with E-state index in [0.717, 1.165) is 35.5 Å². The molecular formula is C48H64N4O6. The van der Waals surface area contributed by atoms with E-state index < -0.39 is 5.97 Å². The summed E-state index contributed by atoms with van der Waals surface area (Å²) in [5.74, 6) is 2.78. The number of aromatic nitrogens is 4. The highest BCUT2D eigenvalue weighted by atomic mass is 16.5.